The Bertz CT molecular complexity index is 542. The molecule has 0 saturated heterocycles. The highest BCUT2D eigenvalue weighted by Crippen LogP contribution is 2.32. The summed E-state index contributed by atoms with van der Waals surface area (Å²) in [6.45, 7) is 0. The van der Waals surface area contributed by atoms with E-state index in [-0.39, 0.29) is 5.92 Å². The molecule has 0 amide bonds. The maximum atomic E-state index is 10.5. The van der Waals surface area contributed by atoms with Crippen molar-refractivity contribution in [1.82, 2.24) is 10.1 Å². The maximum Gasteiger partial charge on any atom is 0.255 e. The molecule has 0 aliphatic heterocycles. The van der Waals surface area contributed by atoms with Crippen LogP contribution >= 0.6 is 0 Å². The molecule has 1 unspecified atom stereocenters. The zero-order valence-electron chi connectivity index (χ0n) is 12.9. The van der Waals surface area contributed by atoms with Crippen LogP contribution in [0.3, 0.4) is 0 Å². The molecular formula is C17H24N2O3. The summed E-state index contributed by atoms with van der Waals surface area (Å²) >= 11 is 0. The second-order valence-corrected chi connectivity index (χ2v) is 6.18. The summed E-state index contributed by atoms with van der Waals surface area (Å²) in [7, 11) is 0. The SMILES string of the molecule is OC(c1nc(CCc2ccco2)no1)C1CCCCCCC1. The molecule has 5 heteroatoms. The van der Waals surface area contributed by atoms with Gasteiger partial charge in [-0.15, -0.1) is 0 Å². The number of aliphatic hydroxyl groups is 1. The van der Waals surface area contributed by atoms with Gasteiger partial charge in [-0.2, -0.15) is 4.98 Å². The molecule has 0 radical (unpaired) electrons. The predicted octanol–water partition coefficient (Wildman–Crippen LogP) is 3.84. The first kappa shape index (κ1) is 15.3. The molecule has 1 aliphatic rings. The molecule has 0 spiro atoms. The van der Waals surface area contributed by atoms with Crippen molar-refractivity contribution in [3.8, 4) is 0 Å². The number of rotatable bonds is 5. The first-order valence-corrected chi connectivity index (χ1v) is 8.36. The van der Waals surface area contributed by atoms with Gasteiger partial charge in [0.2, 0.25) is 0 Å². The molecule has 1 N–H and O–H groups in total. The highest BCUT2D eigenvalue weighted by Gasteiger charge is 2.26. The van der Waals surface area contributed by atoms with Gasteiger partial charge in [-0.1, -0.05) is 37.3 Å². The standard InChI is InChI=1S/C17H24N2O3/c20-16(13-7-4-2-1-3-5-8-13)17-18-15(19-22-17)11-10-14-9-6-12-21-14/h6,9,12-13,16,20H,1-5,7-8,10-11H2. The Labute approximate surface area is 130 Å². The van der Waals surface area contributed by atoms with E-state index in [0.717, 1.165) is 25.0 Å². The molecule has 2 heterocycles. The summed E-state index contributed by atoms with van der Waals surface area (Å²) in [4.78, 5) is 4.37. The Hall–Kier alpha value is -1.62. The van der Waals surface area contributed by atoms with Crippen LogP contribution in [0.5, 0.6) is 0 Å². The van der Waals surface area contributed by atoms with E-state index in [0.29, 0.717) is 18.1 Å². The Morgan fingerprint density at radius 2 is 1.91 bits per heavy atom. The van der Waals surface area contributed by atoms with Gasteiger partial charge in [-0.25, -0.2) is 0 Å². The van der Waals surface area contributed by atoms with Crippen LogP contribution in [0.25, 0.3) is 0 Å². The van der Waals surface area contributed by atoms with Gasteiger partial charge in [-0.05, 0) is 30.9 Å². The quantitative estimate of drug-likeness (QED) is 0.908. The molecule has 1 aliphatic carbocycles. The van der Waals surface area contributed by atoms with Crippen molar-refractivity contribution in [1.29, 1.82) is 0 Å². The Morgan fingerprint density at radius 3 is 2.64 bits per heavy atom. The Balaban J connectivity index is 1.56. The number of aryl methyl sites for hydroxylation is 2. The van der Waals surface area contributed by atoms with Crippen molar-refractivity contribution in [3.63, 3.8) is 0 Å². The van der Waals surface area contributed by atoms with Crippen LogP contribution in [-0.4, -0.2) is 15.2 Å². The number of hydrogen-bond acceptors (Lipinski definition) is 5. The van der Waals surface area contributed by atoms with Crippen LogP contribution < -0.4 is 0 Å². The average Bonchev–Trinajstić information content (AvgIpc) is 3.16. The average molecular weight is 304 g/mol. The molecule has 0 bridgehead atoms. The summed E-state index contributed by atoms with van der Waals surface area (Å²) in [6, 6.07) is 3.81. The maximum absolute atomic E-state index is 10.5. The van der Waals surface area contributed by atoms with E-state index < -0.39 is 6.10 Å². The van der Waals surface area contributed by atoms with Crippen molar-refractivity contribution in [2.75, 3.05) is 0 Å². The van der Waals surface area contributed by atoms with Gasteiger partial charge in [0.15, 0.2) is 5.82 Å². The van der Waals surface area contributed by atoms with Crippen LogP contribution in [0.15, 0.2) is 27.3 Å². The first-order valence-electron chi connectivity index (χ1n) is 8.36. The summed E-state index contributed by atoms with van der Waals surface area (Å²) < 4.78 is 10.6. The molecule has 1 saturated carbocycles. The largest absolute Gasteiger partial charge is 0.469 e. The third kappa shape index (κ3) is 3.97. The summed E-state index contributed by atoms with van der Waals surface area (Å²) in [5, 5.41) is 14.5. The minimum Gasteiger partial charge on any atom is -0.469 e. The zero-order chi connectivity index (χ0) is 15.2. The second kappa shape index (κ2) is 7.58. The fraction of sp³-hybridized carbons (Fsp3) is 0.647. The Kier molecular flexibility index (Phi) is 5.27. The van der Waals surface area contributed by atoms with Crippen molar-refractivity contribution >= 4 is 0 Å². The van der Waals surface area contributed by atoms with Gasteiger partial charge < -0.3 is 14.0 Å². The monoisotopic (exact) mass is 304 g/mol. The van der Waals surface area contributed by atoms with E-state index in [2.05, 4.69) is 10.1 Å². The summed E-state index contributed by atoms with van der Waals surface area (Å²) in [5.74, 6) is 2.17. The van der Waals surface area contributed by atoms with Gasteiger partial charge >= 0.3 is 0 Å². The third-order valence-corrected chi connectivity index (χ3v) is 4.51. The minimum absolute atomic E-state index is 0.249. The van der Waals surface area contributed by atoms with E-state index in [1.807, 2.05) is 12.1 Å². The molecule has 1 fully saturated rings. The number of nitrogens with zero attached hydrogens (tertiary/aromatic N) is 2. The van der Waals surface area contributed by atoms with Crippen molar-refractivity contribution < 1.29 is 14.0 Å². The van der Waals surface area contributed by atoms with Gasteiger partial charge in [0.1, 0.15) is 11.9 Å². The van der Waals surface area contributed by atoms with Gasteiger partial charge in [0.05, 0.1) is 6.26 Å². The van der Waals surface area contributed by atoms with Gasteiger partial charge in [0.25, 0.3) is 5.89 Å². The molecule has 5 nitrogen and oxygen atoms in total. The molecule has 2 aromatic heterocycles. The zero-order valence-corrected chi connectivity index (χ0v) is 12.9. The van der Waals surface area contributed by atoms with Gasteiger partial charge in [-0.3, -0.25) is 0 Å². The fourth-order valence-corrected chi connectivity index (χ4v) is 3.18. The Morgan fingerprint density at radius 1 is 1.14 bits per heavy atom. The van der Waals surface area contributed by atoms with Crippen LogP contribution in [0.4, 0.5) is 0 Å². The minimum atomic E-state index is -0.622. The molecule has 0 aromatic carbocycles. The number of aliphatic hydroxyl groups excluding tert-OH is 1. The lowest BCUT2D eigenvalue weighted by atomic mass is 9.87. The molecule has 120 valence electrons. The molecule has 1 atom stereocenters. The fourth-order valence-electron chi connectivity index (χ4n) is 3.18. The van der Waals surface area contributed by atoms with E-state index >= 15 is 0 Å². The van der Waals surface area contributed by atoms with Gasteiger partial charge in [0, 0.05) is 12.8 Å². The highest BCUT2D eigenvalue weighted by molar-refractivity contribution is 5.01. The lowest BCUT2D eigenvalue weighted by Crippen LogP contribution is -2.14. The summed E-state index contributed by atoms with van der Waals surface area (Å²) in [5.41, 5.74) is 0. The van der Waals surface area contributed by atoms with Crippen LogP contribution in [-0.2, 0) is 12.8 Å². The van der Waals surface area contributed by atoms with Crippen LogP contribution in [0, 0.1) is 5.92 Å². The highest BCUT2D eigenvalue weighted by atomic mass is 16.5. The number of hydrogen-bond donors (Lipinski definition) is 1. The lowest BCUT2D eigenvalue weighted by Gasteiger charge is -2.22. The molecule has 2 aromatic rings. The number of aromatic nitrogens is 2. The first-order chi connectivity index (χ1) is 10.8. The third-order valence-electron chi connectivity index (χ3n) is 4.51. The second-order valence-electron chi connectivity index (χ2n) is 6.18. The van der Waals surface area contributed by atoms with E-state index in [9.17, 15) is 5.11 Å². The summed E-state index contributed by atoms with van der Waals surface area (Å²) in [6.07, 6.45) is 10.8. The molecular weight excluding hydrogens is 280 g/mol. The predicted molar refractivity (Wildman–Crippen MR) is 81.2 cm³/mol. The van der Waals surface area contributed by atoms with E-state index in [1.165, 1.54) is 32.1 Å². The van der Waals surface area contributed by atoms with Crippen LogP contribution in [0.1, 0.15) is 68.5 Å². The smallest absolute Gasteiger partial charge is 0.255 e. The normalized spacial score (nSPS) is 18.8. The van der Waals surface area contributed by atoms with Crippen molar-refractivity contribution in [3.05, 3.63) is 35.9 Å². The molecule has 3 rings (SSSR count). The van der Waals surface area contributed by atoms with E-state index in [1.54, 1.807) is 6.26 Å². The van der Waals surface area contributed by atoms with Crippen molar-refractivity contribution in [2.24, 2.45) is 5.92 Å². The van der Waals surface area contributed by atoms with Crippen molar-refractivity contribution in [2.45, 2.75) is 63.9 Å². The topological polar surface area (TPSA) is 72.3 Å². The van der Waals surface area contributed by atoms with Crippen LogP contribution in [0.2, 0.25) is 0 Å². The lowest BCUT2D eigenvalue weighted by molar-refractivity contribution is 0.0605. The number of furan rings is 1. The molecule has 22 heavy (non-hydrogen) atoms. The van der Waals surface area contributed by atoms with E-state index in [4.69, 9.17) is 8.94 Å².